The maximum atomic E-state index is 11.6. The SMILES string of the molecule is O=C1N=CC=CCN1[C@@H]1O[C@H](CO)[C@@H](O)[C@H]1O. The van der Waals surface area contributed by atoms with Crippen LogP contribution in [0, 0.1) is 0 Å². The van der Waals surface area contributed by atoms with E-state index in [4.69, 9.17) is 9.84 Å². The second kappa shape index (κ2) is 4.92. The second-order valence-corrected chi connectivity index (χ2v) is 3.87. The zero-order valence-corrected chi connectivity index (χ0v) is 9.01. The number of hydrogen-bond donors (Lipinski definition) is 3. The Morgan fingerprint density at radius 3 is 2.88 bits per heavy atom. The van der Waals surface area contributed by atoms with Crippen molar-refractivity contribution in [3.05, 3.63) is 12.2 Å². The summed E-state index contributed by atoms with van der Waals surface area (Å²) in [6.45, 7) is -0.193. The van der Waals surface area contributed by atoms with Crippen molar-refractivity contribution in [2.75, 3.05) is 13.2 Å². The molecule has 2 aliphatic rings. The van der Waals surface area contributed by atoms with Crippen LogP contribution >= 0.6 is 0 Å². The number of ether oxygens (including phenoxy) is 1. The van der Waals surface area contributed by atoms with Gasteiger partial charge in [0.05, 0.1) is 6.61 Å². The fourth-order valence-corrected chi connectivity index (χ4v) is 1.84. The highest BCUT2D eigenvalue weighted by molar-refractivity contribution is 5.89. The number of carbonyl (C=O) groups excluding carboxylic acids is 1. The Morgan fingerprint density at radius 1 is 1.47 bits per heavy atom. The van der Waals surface area contributed by atoms with E-state index in [0.29, 0.717) is 0 Å². The summed E-state index contributed by atoms with van der Waals surface area (Å²) in [7, 11) is 0. The number of allylic oxidation sites excluding steroid dienone is 1. The van der Waals surface area contributed by atoms with Gasteiger partial charge in [-0.25, -0.2) is 9.79 Å². The number of carbonyl (C=O) groups is 1. The van der Waals surface area contributed by atoms with Gasteiger partial charge in [-0.15, -0.1) is 0 Å². The summed E-state index contributed by atoms with van der Waals surface area (Å²) < 4.78 is 5.25. The maximum absolute atomic E-state index is 11.6. The Balaban J connectivity index is 2.14. The summed E-state index contributed by atoms with van der Waals surface area (Å²) in [4.78, 5) is 16.4. The minimum absolute atomic E-state index is 0.228. The first kappa shape index (κ1) is 12.2. The van der Waals surface area contributed by atoms with Crippen molar-refractivity contribution in [3.63, 3.8) is 0 Å². The standard InChI is InChI=1S/C10H14N2O5/c13-5-6-7(14)8(15)9(17-6)12-4-2-1-3-11-10(12)16/h1-3,6-9,13-15H,4-5H2/t6-,7-,8-,9-/m1/s1. The average molecular weight is 242 g/mol. The van der Waals surface area contributed by atoms with Crippen LogP contribution in [0.15, 0.2) is 17.1 Å². The van der Waals surface area contributed by atoms with E-state index in [9.17, 15) is 15.0 Å². The second-order valence-electron chi connectivity index (χ2n) is 3.87. The fraction of sp³-hybridized carbons (Fsp3) is 0.600. The van der Waals surface area contributed by atoms with Gasteiger partial charge in [0.25, 0.3) is 0 Å². The van der Waals surface area contributed by atoms with E-state index in [-0.39, 0.29) is 6.54 Å². The quantitative estimate of drug-likeness (QED) is 0.546. The molecule has 0 aromatic heterocycles. The number of nitrogens with zero attached hydrogens (tertiary/aromatic N) is 2. The van der Waals surface area contributed by atoms with Crippen LogP contribution in [0.2, 0.25) is 0 Å². The summed E-state index contributed by atoms with van der Waals surface area (Å²) in [5.41, 5.74) is 0. The minimum atomic E-state index is -1.25. The highest BCUT2D eigenvalue weighted by atomic mass is 16.6. The van der Waals surface area contributed by atoms with Crippen molar-refractivity contribution in [1.82, 2.24) is 4.90 Å². The molecule has 1 saturated heterocycles. The number of aliphatic hydroxyl groups is 3. The fourth-order valence-electron chi connectivity index (χ4n) is 1.84. The monoisotopic (exact) mass is 242 g/mol. The van der Waals surface area contributed by atoms with Crippen LogP contribution in [0.5, 0.6) is 0 Å². The number of amides is 2. The molecule has 0 unspecified atom stereocenters. The van der Waals surface area contributed by atoms with Crippen LogP contribution in [-0.4, -0.2) is 70.2 Å². The lowest BCUT2D eigenvalue weighted by Crippen LogP contribution is -2.46. The first-order chi connectivity index (χ1) is 8.15. The summed E-state index contributed by atoms with van der Waals surface area (Å²) in [6, 6.07) is -0.551. The van der Waals surface area contributed by atoms with Crippen molar-refractivity contribution in [2.45, 2.75) is 24.5 Å². The summed E-state index contributed by atoms with van der Waals surface area (Å²) in [5, 5.41) is 28.3. The van der Waals surface area contributed by atoms with E-state index in [0.717, 1.165) is 0 Å². The van der Waals surface area contributed by atoms with Gasteiger partial charge in [-0.05, 0) is 6.08 Å². The molecule has 17 heavy (non-hydrogen) atoms. The average Bonchev–Trinajstić information content (AvgIpc) is 2.51. The number of aliphatic imine (C=N–C) groups is 1. The van der Waals surface area contributed by atoms with Crippen molar-refractivity contribution in [3.8, 4) is 0 Å². The zero-order valence-electron chi connectivity index (χ0n) is 9.01. The van der Waals surface area contributed by atoms with Gasteiger partial charge >= 0.3 is 6.03 Å². The van der Waals surface area contributed by atoms with Crippen molar-refractivity contribution >= 4 is 12.2 Å². The van der Waals surface area contributed by atoms with Gasteiger partial charge < -0.3 is 20.1 Å². The molecule has 2 rings (SSSR count). The van der Waals surface area contributed by atoms with Gasteiger partial charge in [0.2, 0.25) is 0 Å². The lowest BCUT2D eigenvalue weighted by atomic mass is 10.1. The molecule has 3 N–H and O–H groups in total. The Labute approximate surface area is 97.6 Å². The largest absolute Gasteiger partial charge is 0.394 e. The van der Waals surface area contributed by atoms with Crippen LogP contribution in [0.3, 0.4) is 0 Å². The van der Waals surface area contributed by atoms with Crippen LogP contribution in [0.4, 0.5) is 4.79 Å². The highest BCUT2D eigenvalue weighted by Crippen LogP contribution is 2.24. The molecular weight excluding hydrogens is 228 g/mol. The number of urea groups is 1. The summed E-state index contributed by atoms with van der Waals surface area (Å²) in [5.74, 6) is 0. The molecule has 7 heteroatoms. The molecule has 0 aromatic carbocycles. The number of hydrogen-bond acceptors (Lipinski definition) is 5. The first-order valence-corrected chi connectivity index (χ1v) is 5.27. The zero-order chi connectivity index (χ0) is 12.4. The van der Waals surface area contributed by atoms with E-state index < -0.39 is 37.2 Å². The van der Waals surface area contributed by atoms with Gasteiger partial charge in [-0.3, -0.25) is 4.90 Å². The highest BCUT2D eigenvalue weighted by Gasteiger charge is 2.46. The normalized spacial score (nSPS) is 37.6. The summed E-state index contributed by atoms with van der Waals surface area (Å²) in [6.07, 6.45) is 0.298. The molecule has 0 aromatic rings. The topological polar surface area (TPSA) is 103 Å². The summed E-state index contributed by atoms with van der Waals surface area (Å²) >= 11 is 0. The molecule has 2 amide bonds. The molecule has 7 nitrogen and oxygen atoms in total. The molecule has 0 bridgehead atoms. The van der Waals surface area contributed by atoms with Crippen LogP contribution < -0.4 is 0 Å². The minimum Gasteiger partial charge on any atom is -0.394 e. The Bertz CT molecular complexity index is 357. The maximum Gasteiger partial charge on any atom is 0.345 e. The third-order valence-corrected chi connectivity index (χ3v) is 2.78. The van der Waals surface area contributed by atoms with Gasteiger partial charge in [0.1, 0.15) is 18.3 Å². The van der Waals surface area contributed by atoms with Gasteiger partial charge in [0.15, 0.2) is 6.23 Å². The first-order valence-electron chi connectivity index (χ1n) is 5.27. The molecule has 0 saturated carbocycles. The Hall–Kier alpha value is -1.28. The van der Waals surface area contributed by atoms with Crippen LogP contribution in [0.1, 0.15) is 0 Å². The van der Waals surface area contributed by atoms with E-state index in [2.05, 4.69) is 4.99 Å². The predicted molar refractivity (Wildman–Crippen MR) is 57.5 cm³/mol. The number of aliphatic hydroxyl groups excluding tert-OH is 3. The van der Waals surface area contributed by atoms with E-state index in [1.807, 2.05) is 0 Å². The van der Waals surface area contributed by atoms with E-state index in [1.165, 1.54) is 11.1 Å². The third kappa shape index (κ3) is 2.22. The third-order valence-electron chi connectivity index (χ3n) is 2.78. The van der Waals surface area contributed by atoms with Gasteiger partial charge in [-0.1, -0.05) is 6.08 Å². The van der Waals surface area contributed by atoms with Gasteiger partial charge in [0, 0.05) is 12.8 Å². The molecule has 94 valence electrons. The molecule has 1 fully saturated rings. The van der Waals surface area contributed by atoms with Crippen molar-refractivity contribution < 1.29 is 24.9 Å². The molecule has 0 spiro atoms. The van der Waals surface area contributed by atoms with Crippen LogP contribution in [0.25, 0.3) is 0 Å². The molecular formula is C10H14N2O5. The number of rotatable bonds is 2. The molecule has 2 heterocycles. The van der Waals surface area contributed by atoms with Gasteiger partial charge in [-0.2, -0.15) is 0 Å². The Morgan fingerprint density at radius 2 is 2.24 bits per heavy atom. The molecule has 0 radical (unpaired) electrons. The van der Waals surface area contributed by atoms with E-state index in [1.54, 1.807) is 12.2 Å². The smallest absolute Gasteiger partial charge is 0.345 e. The molecule has 4 atom stereocenters. The molecule has 0 aliphatic carbocycles. The lowest BCUT2D eigenvalue weighted by molar-refractivity contribution is -0.0746. The van der Waals surface area contributed by atoms with Crippen molar-refractivity contribution in [2.24, 2.45) is 4.99 Å². The predicted octanol–water partition coefficient (Wildman–Crippen LogP) is -1.51. The van der Waals surface area contributed by atoms with Crippen LogP contribution in [-0.2, 0) is 4.74 Å². The Kier molecular flexibility index (Phi) is 3.53. The van der Waals surface area contributed by atoms with Crippen molar-refractivity contribution in [1.29, 1.82) is 0 Å². The lowest BCUT2D eigenvalue weighted by Gasteiger charge is -2.27. The van der Waals surface area contributed by atoms with E-state index >= 15 is 0 Å². The molecule has 2 aliphatic heterocycles.